The van der Waals surface area contributed by atoms with E-state index >= 15 is 0 Å². The van der Waals surface area contributed by atoms with E-state index < -0.39 is 0 Å². The summed E-state index contributed by atoms with van der Waals surface area (Å²) < 4.78 is 1.81. The SMILES string of the molecule is CN(C)C(=O)C1CCCCN1Cc1cnn(C)c1. The van der Waals surface area contributed by atoms with Crippen molar-refractivity contribution in [2.45, 2.75) is 31.8 Å². The lowest BCUT2D eigenvalue weighted by Crippen LogP contribution is -2.48. The molecule has 0 N–H and O–H groups in total. The number of nitrogens with zero attached hydrogens (tertiary/aromatic N) is 4. The summed E-state index contributed by atoms with van der Waals surface area (Å²) in [4.78, 5) is 16.1. The molecule has 5 heteroatoms. The number of likely N-dealkylation sites (N-methyl/N-ethyl adjacent to an activating group) is 1. The maximum atomic E-state index is 12.2. The highest BCUT2D eigenvalue weighted by atomic mass is 16.2. The number of carbonyl (C=O) groups excluding carboxylic acids is 1. The molecule has 1 aromatic heterocycles. The largest absolute Gasteiger partial charge is 0.347 e. The van der Waals surface area contributed by atoms with E-state index in [9.17, 15) is 4.79 Å². The van der Waals surface area contributed by atoms with Gasteiger partial charge in [0.15, 0.2) is 0 Å². The summed E-state index contributed by atoms with van der Waals surface area (Å²) in [5.41, 5.74) is 1.18. The van der Waals surface area contributed by atoms with Crippen molar-refractivity contribution in [2.75, 3.05) is 20.6 Å². The Hall–Kier alpha value is -1.36. The molecule has 0 saturated carbocycles. The van der Waals surface area contributed by atoms with E-state index in [1.165, 1.54) is 12.0 Å². The van der Waals surface area contributed by atoms with Crippen LogP contribution >= 0.6 is 0 Å². The zero-order valence-corrected chi connectivity index (χ0v) is 11.5. The van der Waals surface area contributed by atoms with Crippen LogP contribution in [0.5, 0.6) is 0 Å². The topological polar surface area (TPSA) is 41.4 Å². The smallest absolute Gasteiger partial charge is 0.239 e. The molecular formula is C13H22N4O. The predicted octanol–water partition coefficient (Wildman–Crippen LogP) is 0.863. The molecule has 0 spiro atoms. The average molecular weight is 250 g/mol. The molecule has 100 valence electrons. The van der Waals surface area contributed by atoms with E-state index in [0.717, 1.165) is 25.9 Å². The number of rotatable bonds is 3. The Morgan fingerprint density at radius 3 is 2.89 bits per heavy atom. The van der Waals surface area contributed by atoms with E-state index in [-0.39, 0.29) is 11.9 Å². The van der Waals surface area contributed by atoms with Crippen LogP contribution in [0.15, 0.2) is 12.4 Å². The lowest BCUT2D eigenvalue weighted by molar-refractivity contribution is -0.136. The van der Waals surface area contributed by atoms with Gasteiger partial charge in [-0.05, 0) is 19.4 Å². The van der Waals surface area contributed by atoms with Gasteiger partial charge in [0.25, 0.3) is 0 Å². The molecule has 5 nitrogen and oxygen atoms in total. The van der Waals surface area contributed by atoms with Crippen molar-refractivity contribution in [1.82, 2.24) is 19.6 Å². The van der Waals surface area contributed by atoms with E-state index in [1.54, 1.807) is 4.90 Å². The van der Waals surface area contributed by atoms with Gasteiger partial charge in [-0.2, -0.15) is 5.10 Å². The maximum absolute atomic E-state index is 12.2. The molecule has 1 saturated heterocycles. The van der Waals surface area contributed by atoms with Gasteiger partial charge in [-0.1, -0.05) is 6.42 Å². The average Bonchev–Trinajstić information content (AvgIpc) is 2.74. The van der Waals surface area contributed by atoms with Crippen molar-refractivity contribution in [1.29, 1.82) is 0 Å². The van der Waals surface area contributed by atoms with Crippen molar-refractivity contribution in [3.8, 4) is 0 Å². The summed E-state index contributed by atoms with van der Waals surface area (Å²) in [5.74, 6) is 0.221. The molecule has 1 unspecified atom stereocenters. The molecule has 1 fully saturated rings. The molecule has 1 atom stereocenters. The number of likely N-dealkylation sites (tertiary alicyclic amines) is 1. The first-order chi connectivity index (χ1) is 8.58. The fourth-order valence-electron chi connectivity index (χ4n) is 2.55. The van der Waals surface area contributed by atoms with Gasteiger partial charge in [0, 0.05) is 39.4 Å². The number of piperidine rings is 1. The van der Waals surface area contributed by atoms with Crippen molar-refractivity contribution in [3.63, 3.8) is 0 Å². The predicted molar refractivity (Wildman–Crippen MR) is 70.0 cm³/mol. The van der Waals surface area contributed by atoms with Crippen LogP contribution in [-0.2, 0) is 18.4 Å². The van der Waals surface area contributed by atoms with Crippen molar-refractivity contribution >= 4 is 5.91 Å². The lowest BCUT2D eigenvalue weighted by Gasteiger charge is -2.35. The van der Waals surface area contributed by atoms with Gasteiger partial charge in [0.1, 0.15) is 0 Å². The minimum absolute atomic E-state index is 0.0361. The first-order valence-corrected chi connectivity index (χ1v) is 6.50. The van der Waals surface area contributed by atoms with Gasteiger partial charge in [-0.15, -0.1) is 0 Å². The Bertz CT molecular complexity index is 413. The Balaban J connectivity index is 2.06. The third-order valence-electron chi connectivity index (χ3n) is 3.48. The second-order valence-corrected chi connectivity index (χ2v) is 5.24. The fraction of sp³-hybridized carbons (Fsp3) is 0.692. The molecule has 0 aliphatic carbocycles. The van der Waals surface area contributed by atoms with Crippen LogP contribution < -0.4 is 0 Å². The number of hydrogen-bond donors (Lipinski definition) is 0. The summed E-state index contributed by atoms with van der Waals surface area (Å²) in [7, 11) is 5.58. The molecule has 0 radical (unpaired) electrons. The molecule has 0 aromatic carbocycles. The Morgan fingerprint density at radius 2 is 2.28 bits per heavy atom. The summed E-state index contributed by atoms with van der Waals surface area (Å²) >= 11 is 0. The van der Waals surface area contributed by atoms with E-state index in [2.05, 4.69) is 10.00 Å². The quantitative estimate of drug-likeness (QED) is 0.799. The maximum Gasteiger partial charge on any atom is 0.239 e. The molecule has 2 heterocycles. The molecule has 1 amide bonds. The Kier molecular flexibility index (Phi) is 4.01. The van der Waals surface area contributed by atoms with E-state index in [0.29, 0.717) is 0 Å². The van der Waals surface area contributed by atoms with Crippen LogP contribution in [0.1, 0.15) is 24.8 Å². The van der Waals surface area contributed by atoms with Crippen LogP contribution in [0, 0.1) is 0 Å². The number of hydrogen-bond acceptors (Lipinski definition) is 3. The highest BCUT2D eigenvalue weighted by Crippen LogP contribution is 2.20. The Morgan fingerprint density at radius 1 is 1.50 bits per heavy atom. The number of carbonyl (C=O) groups is 1. The second kappa shape index (κ2) is 5.52. The van der Waals surface area contributed by atoms with Crippen molar-refractivity contribution in [3.05, 3.63) is 18.0 Å². The van der Waals surface area contributed by atoms with Crippen LogP contribution in [-0.4, -0.2) is 52.2 Å². The normalized spacial score (nSPS) is 20.9. The molecule has 1 aliphatic heterocycles. The van der Waals surface area contributed by atoms with Gasteiger partial charge in [0.2, 0.25) is 5.91 Å². The minimum Gasteiger partial charge on any atom is -0.347 e. The summed E-state index contributed by atoms with van der Waals surface area (Å²) in [6.45, 7) is 1.82. The monoisotopic (exact) mass is 250 g/mol. The standard InChI is InChI=1S/C13H22N4O/c1-15(2)13(18)12-6-4-5-7-17(12)10-11-8-14-16(3)9-11/h8-9,12H,4-7,10H2,1-3H3. The van der Waals surface area contributed by atoms with Crippen molar-refractivity contribution < 1.29 is 4.79 Å². The molecule has 18 heavy (non-hydrogen) atoms. The lowest BCUT2D eigenvalue weighted by atomic mass is 10.0. The van der Waals surface area contributed by atoms with Crippen LogP contribution in [0.25, 0.3) is 0 Å². The zero-order chi connectivity index (χ0) is 13.1. The van der Waals surface area contributed by atoms with Gasteiger partial charge in [-0.25, -0.2) is 0 Å². The van der Waals surface area contributed by atoms with Gasteiger partial charge >= 0.3 is 0 Å². The third-order valence-corrected chi connectivity index (χ3v) is 3.48. The third kappa shape index (κ3) is 2.90. The number of aromatic nitrogens is 2. The molecule has 0 bridgehead atoms. The number of amides is 1. The molecule has 1 aromatic rings. The summed E-state index contributed by atoms with van der Waals surface area (Å²) in [6, 6.07) is 0.0361. The summed E-state index contributed by atoms with van der Waals surface area (Å²) in [5, 5.41) is 4.18. The molecule has 2 rings (SSSR count). The second-order valence-electron chi connectivity index (χ2n) is 5.24. The van der Waals surface area contributed by atoms with Crippen molar-refractivity contribution in [2.24, 2.45) is 7.05 Å². The number of aryl methyl sites for hydroxylation is 1. The highest BCUT2D eigenvalue weighted by molar-refractivity contribution is 5.81. The van der Waals surface area contributed by atoms with Gasteiger partial charge < -0.3 is 4.90 Å². The van der Waals surface area contributed by atoms with Crippen LogP contribution in [0.3, 0.4) is 0 Å². The van der Waals surface area contributed by atoms with E-state index in [1.807, 2.05) is 38.2 Å². The zero-order valence-electron chi connectivity index (χ0n) is 11.5. The van der Waals surface area contributed by atoms with Crippen LogP contribution in [0.2, 0.25) is 0 Å². The molecule has 1 aliphatic rings. The first-order valence-electron chi connectivity index (χ1n) is 6.50. The minimum atomic E-state index is 0.0361. The Labute approximate surface area is 108 Å². The highest BCUT2D eigenvalue weighted by Gasteiger charge is 2.29. The van der Waals surface area contributed by atoms with E-state index in [4.69, 9.17) is 0 Å². The molecular weight excluding hydrogens is 228 g/mol. The first kappa shape index (κ1) is 13.1. The van der Waals surface area contributed by atoms with Gasteiger partial charge in [0.05, 0.1) is 12.2 Å². The van der Waals surface area contributed by atoms with Crippen LogP contribution in [0.4, 0.5) is 0 Å². The van der Waals surface area contributed by atoms with Gasteiger partial charge in [-0.3, -0.25) is 14.4 Å². The fourth-order valence-corrected chi connectivity index (χ4v) is 2.55. The summed E-state index contributed by atoms with van der Waals surface area (Å²) in [6.07, 6.45) is 7.19.